The van der Waals surface area contributed by atoms with E-state index >= 15 is 0 Å². The number of methoxy groups -OCH3 is 1. The van der Waals surface area contributed by atoms with Gasteiger partial charge < -0.3 is 9.64 Å². The summed E-state index contributed by atoms with van der Waals surface area (Å²) in [7, 11) is 1.71. The summed E-state index contributed by atoms with van der Waals surface area (Å²) in [5.74, 6) is 0. The highest BCUT2D eigenvalue weighted by Gasteiger charge is 2.08. The number of rotatable bonds is 7. The third-order valence-corrected chi connectivity index (χ3v) is 3.84. The van der Waals surface area contributed by atoms with Crippen LogP contribution in [-0.4, -0.2) is 20.3 Å². The zero-order valence-corrected chi connectivity index (χ0v) is 13.8. The zero-order chi connectivity index (χ0) is 14.9. The van der Waals surface area contributed by atoms with Crippen molar-refractivity contribution in [2.45, 2.75) is 6.54 Å². The van der Waals surface area contributed by atoms with E-state index in [4.69, 9.17) is 4.74 Å². The van der Waals surface area contributed by atoms with Gasteiger partial charge in [0.25, 0.3) is 0 Å². The second-order valence-electron chi connectivity index (χ2n) is 4.74. The summed E-state index contributed by atoms with van der Waals surface area (Å²) in [6.45, 7) is 2.37. The molecule has 0 saturated carbocycles. The van der Waals surface area contributed by atoms with Gasteiger partial charge in [0.15, 0.2) is 0 Å². The second kappa shape index (κ2) is 8.65. The standard InChI is InChI=1S/C18H20BrNO/c1-21-14-8-7-13-20(15-16-9-3-2-4-10-16)18-12-6-5-11-17(18)19/h2-12H,13-15H2,1H3/b8-7-. The Bertz CT molecular complexity index is 568. The van der Waals surface area contributed by atoms with Gasteiger partial charge in [0, 0.05) is 24.7 Å². The van der Waals surface area contributed by atoms with E-state index in [-0.39, 0.29) is 0 Å². The molecule has 3 heteroatoms. The summed E-state index contributed by atoms with van der Waals surface area (Å²) < 4.78 is 6.17. The van der Waals surface area contributed by atoms with Crippen LogP contribution in [0, 0.1) is 0 Å². The number of benzene rings is 2. The molecule has 0 aliphatic rings. The molecule has 0 N–H and O–H groups in total. The molecule has 0 fully saturated rings. The molecule has 0 aromatic heterocycles. The van der Waals surface area contributed by atoms with Crippen molar-refractivity contribution < 1.29 is 4.74 Å². The third kappa shape index (κ3) is 5.03. The quantitative estimate of drug-likeness (QED) is 0.676. The summed E-state index contributed by atoms with van der Waals surface area (Å²) in [6, 6.07) is 18.8. The number of nitrogens with zero attached hydrogens (tertiary/aromatic N) is 1. The molecule has 2 nitrogen and oxygen atoms in total. The Labute approximate surface area is 135 Å². The first-order valence-electron chi connectivity index (χ1n) is 6.98. The van der Waals surface area contributed by atoms with Crippen molar-refractivity contribution in [1.29, 1.82) is 0 Å². The Hall–Kier alpha value is -1.58. The maximum absolute atomic E-state index is 5.06. The molecule has 0 aliphatic heterocycles. The maximum Gasteiger partial charge on any atom is 0.0644 e. The van der Waals surface area contributed by atoms with E-state index in [1.165, 1.54) is 11.3 Å². The molecule has 0 aliphatic carbocycles. The van der Waals surface area contributed by atoms with Crippen LogP contribution in [0.3, 0.4) is 0 Å². The molecule has 2 rings (SSSR count). The van der Waals surface area contributed by atoms with Crippen LogP contribution in [0.1, 0.15) is 5.56 Å². The molecule has 2 aromatic rings. The molecule has 0 unspecified atom stereocenters. The average Bonchev–Trinajstić information content (AvgIpc) is 2.52. The van der Waals surface area contributed by atoms with E-state index < -0.39 is 0 Å². The van der Waals surface area contributed by atoms with Gasteiger partial charge in [0.05, 0.1) is 12.3 Å². The topological polar surface area (TPSA) is 12.5 Å². The van der Waals surface area contributed by atoms with Crippen LogP contribution < -0.4 is 4.90 Å². The van der Waals surface area contributed by atoms with Crippen LogP contribution in [0.4, 0.5) is 5.69 Å². The van der Waals surface area contributed by atoms with Crippen molar-refractivity contribution in [1.82, 2.24) is 0 Å². The largest absolute Gasteiger partial charge is 0.381 e. The lowest BCUT2D eigenvalue weighted by molar-refractivity contribution is 0.233. The number of halogens is 1. The van der Waals surface area contributed by atoms with Gasteiger partial charge in [-0.05, 0) is 33.6 Å². The van der Waals surface area contributed by atoms with Crippen molar-refractivity contribution in [2.75, 3.05) is 25.2 Å². The summed E-state index contributed by atoms with van der Waals surface area (Å²) in [4.78, 5) is 2.34. The lowest BCUT2D eigenvalue weighted by atomic mass is 10.2. The fourth-order valence-corrected chi connectivity index (χ4v) is 2.66. The fourth-order valence-electron chi connectivity index (χ4n) is 2.13. The molecule has 21 heavy (non-hydrogen) atoms. The highest BCUT2D eigenvalue weighted by Crippen LogP contribution is 2.27. The van der Waals surface area contributed by atoms with Gasteiger partial charge in [-0.2, -0.15) is 0 Å². The van der Waals surface area contributed by atoms with Crippen molar-refractivity contribution >= 4 is 21.6 Å². The average molecular weight is 346 g/mol. The van der Waals surface area contributed by atoms with E-state index in [0.29, 0.717) is 6.61 Å². The van der Waals surface area contributed by atoms with Crippen molar-refractivity contribution in [3.8, 4) is 0 Å². The normalized spacial score (nSPS) is 11.0. The zero-order valence-electron chi connectivity index (χ0n) is 12.2. The van der Waals surface area contributed by atoms with E-state index in [1.54, 1.807) is 7.11 Å². The molecule has 2 aromatic carbocycles. The third-order valence-electron chi connectivity index (χ3n) is 3.16. The minimum Gasteiger partial charge on any atom is -0.381 e. The lowest BCUT2D eigenvalue weighted by Gasteiger charge is -2.25. The minimum atomic E-state index is 0.648. The highest BCUT2D eigenvalue weighted by molar-refractivity contribution is 9.10. The lowest BCUT2D eigenvalue weighted by Crippen LogP contribution is -2.23. The SMILES string of the molecule is COC/C=C\CN(Cc1ccccc1)c1ccccc1Br. The molecular weight excluding hydrogens is 326 g/mol. The summed E-state index contributed by atoms with van der Waals surface area (Å²) in [5, 5.41) is 0. The Morgan fingerprint density at radius 2 is 1.71 bits per heavy atom. The van der Waals surface area contributed by atoms with E-state index in [2.05, 4.69) is 75.4 Å². The van der Waals surface area contributed by atoms with Crippen LogP contribution in [-0.2, 0) is 11.3 Å². The Balaban J connectivity index is 2.16. The summed E-state index contributed by atoms with van der Waals surface area (Å²) in [6.07, 6.45) is 4.20. The van der Waals surface area contributed by atoms with Gasteiger partial charge in [0.2, 0.25) is 0 Å². The fraction of sp³-hybridized carbons (Fsp3) is 0.222. The van der Waals surface area contributed by atoms with Gasteiger partial charge in [-0.1, -0.05) is 54.6 Å². The molecule has 110 valence electrons. The van der Waals surface area contributed by atoms with Crippen LogP contribution in [0.5, 0.6) is 0 Å². The molecule has 0 spiro atoms. The molecule has 0 amide bonds. The molecule has 0 bridgehead atoms. The van der Waals surface area contributed by atoms with Crippen LogP contribution in [0.15, 0.2) is 71.2 Å². The molecule has 0 heterocycles. The van der Waals surface area contributed by atoms with Gasteiger partial charge in [0.1, 0.15) is 0 Å². The first-order chi connectivity index (χ1) is 10.3. The monoisotopic (exact) mass is 345 g/mol. The molecular formula is C18H20BrNO. The predicted molar refractivity (Wildman–Crippen MR) is 92.7 cm³/mol. The molecule has 0 saturated heterocycles. The van der Waals surface area contributed by atoms with Crippen LogP contribution in [0.25, 0.3) is 0 Å². The predicted octanol–water partition coefficient (Wildman–Crippen LogP) is 4.66. The van der Waals surface area contributed by atoms with E-state index in [9.17, 15) is 0 Å². The smallest absolute Gasteiger partial charge is 0.0644 e. The van der Waals surface area contributed by atoms with Gasteiger partial charge in [-0.3, -0.25) is 0 Å². The Kier molecular flexibility index (Phi) is 6.51. The number of anilines is 1. The first-order valence-corrected chi connectivity index (χ1v) is 7.78. The van der Waals surface area contributed by atoms with Crippen molar-refractivity contribution in [3.05, 3.63) is 76.8 Å². The van der Waals surface area contributed by atoms with E-state index in [0.717, 1.165) is 17.6 Å². The van der Waals surface area contributed by atoms with Crippen LogP contribution >= 0.6 is 15.9 Å². The maximum atomic E-state index is 5.06. The Morgan fingerprint density at radius 3 is 2.43 bits per heavy atom. The first kappa shape index (κ1) is 15.8. The number of ether oxygens (including phenoxy) is 1. The molecule has 0 atom stereocenters. The number of para-hydroxylation sites is 1. The van der Waals surface area contributed by atoms with Gasteiger partial charge in [-0.15, -0.1) is 0 Å². The highest BCUT2D eigenvalue weighted by atomic mass is 79.9. The summed E-state index contributed by atoms with van der Waals surface area (Å²) >= 11 is 3.64. The number of hydrogen-bond donors (Lipinski definition) is 0. The number of hydrogen-bond acceptors (Lipinski definition) is 2. The van der Waals surface area contributed by atoms with Crippen LogP contribution in [0.2, 0.25) is 0 Å². The van der Waals surface area contributed by atoms with Gasteiger partial charge >= 0.3 is 0 Å². The minimum absolute atomic E-state index is 0.648. The van der Waals surface area contributed by atoms with Crippen molar-refractivity contribution in [3.63, 3.8) is 0 Å². The molecule has 0 radical (unpaired) electrons. The van der Waals surface area contributed by atoms with Crippen molar-refractivity contribution in [2.24, 2.45) is 0 Å². The summed E-state index contributed by atoms with van der Waals surface area (Å²) in [5.41, 5.74) is 2.50. The van der Waals surface area contributed by atoms with Gasteiger partial charge in [-0.25, -0.2) is 0 Å². The Morgan fingerprint density at radius 1 is 1.00 bits per heavy atom. The van der Waals surface area contributed by atoms with E-state index in [1.807, 2.05) is 12.1 Å². The second-order valence-corrected chi connectivity index (χ2v) is 5.60.